The number of ether oxygens (including phenoxy) is 2. The molecule has 0 saturated carbocycles. The van der Waals surface area contributed by atoms with Crippen molar-refractivity contribution in [1.29, 1.82) is 0 Å². The molecular weight excluding hydrogens is 366 g/mol. The van der Waals surface area contributed by atoms with Gasteiger partial charge in [-0.1, -0.05) is 55.0 Å². The van der Waals surface area contributed by atoms with E-state index in [1.807, 2.05) is 59.5 Å². The molecule has 1 saturated heterocycles. The van der Waals surface area contributed by atoms with Crippen molar-refractivity contribution in [3.8, 4) is 11.5 Å². The summed E-state index contributed by atoms with van der Waals surface area (Å²) in [5, 5.41) is 11.0. The molecule has 2 aliphatic rings. The van der Waals surface area contributed by atoms with Crippen molar-refractivity contribution < 1.29 is 19.4 Å². The Hall–Kier alpha value is -2.79. The van der Waals surface area contributed by atoms with Gasteiger partial charge in [0.15, 0.2) is 11.5 Å². The average Bonchev–Trinajstić information content (AvgIpc) is 2.95. The molecule has 1 amide bonds. The minimum atomic E-state index is -0.850. The normalized spacial score (nSPS) is 20.5. The van der Waals surface area contributed by atoms with Crippen molar-refractivity contribution in [3.63, 3.8) is 0 Å². The summed E-state index contributed by atoms with van der Waals surface area (Å²) in [6.45, 7) is 2.30. The van der Waals surface area contributed by atoms with Crippen LogP contribution < -0.4 is 9.47 Å². The molecule has 1 N–H and O–H groups in total. The van der Waals surface area contributed by atoms with Crippen LogP contribution in [0.2, 0.25) is 0 Å². The number of rotatable bonds is 5. The van der Waals surface area contributed by atoms with E-state index < -0.39 is 12.0 Å². The summed E-state index contributed by atoms with van der Waals surface area (Å²) in [5.41, 5.74) is 1.82. The first-order valence-electron chi connectivity index (χ1n) is 10.3. The van der Waals surface area contributed by atoms with Gasteiger partial charge in [-0.05, 0) is 36.1 Å². The van der Waals surface area contributed by atoms with E-state index in [0.29, 0.717) is 43.2 Å². The Morgan fingerprint density at radius 2 is 1.86 bits per heavy atom. The number of hydrogen-bond acceptors (Lipinski definition) is 4. The maximum Gasteiger partial charge on any atom is 0.228 e. The molecule has 5 heteroatoms. The van der Waals surface area contributed by atoms with E-state index in [9.17, 15) is 9.90 Å². The predicted octanol–water partition coefficient (Wildman–Crippen LogP) is 3.83. The number of benzene rings is 2. The fourth-order valence-electron chi connectivity index (χ4n) is 3.97. The van der Waals surface area contributed by atoms with Crippen LogP contribution in [0.25, 0.3) is 6.08 Å². The van der Waals surface area contributed by atoms with Crippen molar-refractivity contribution in [2.24, 2.45) is 5.92 Å². The lowest BCUT2D eigenvalue weighted by atomic mass is 9.90. The molecule has 152 valence electrons. The average molecular weight is 393 g/mol. The van der Waals surface area contributed by atoms with Crippen LogP contribution in [0, 0.1) is 5.92 Å². The summed E-state index contributed by atoms with van der Waals surface area (Å²) in [6.07, 6.45) is 5.77. The predicted molar refractivity (Wildman–Crippen MR) is 112 cm³/mol. The first-order valence-corrected chi connectivity index (χ1v) is 10.3. The fraction of sp³-hybridized carbons (Fsp3) is 0.375. The fourth-order valence-corrected chi connectivity index (χ4v) is 3.97. The van der Waals surface area contributed by atoms with Gasteiger partial charge in [-0.15, -0.1) is 0 Å². The van der Waals surface area contributed by atoms with Gasteiger partial charge in [-0.3, -0.25) is 4.79 Å². The molecule has 2 aromatic rings. The van der Waals surface area contributed by atoms with Crippen LogP contribution in [0.1, 0.15) is 36.5 Å². The van der Waals surface area contributed by atoms with Crippen molar-refractivity contribution in [2.45, 2.75) is 25.4 Å². The van der Waals surface area contributed by atoms with Crippen molar-refractivity contribution in [1.82, 2.24) is 4.90 Å². The lowest BCUT2D eigenvalue weighted by Crippen LogP contribution is -2.37. The van der Waals surface area contributed by atoms with Crippen molar-refractivity contribution in [3.05, 3.63) is 65.7 Å². The quantitative estimate of drug-likeness (QED) is 0.839. The van der Waals surface area contributed by atoms with Crippen molar-refractivity contribution >= 4 is 12.0 Å². The van der Waals surface area contributed by atoms with Crippen LogP contribution in [0.3, 0.4) is 0 Å². The van der Waals surface area contributed by atoms with Crippen molar-refractivity contribution in [2.75, 3.05) is 26.3 Å². The van der Waals surface area contributed by atoms with Gasteiger partial charge >= 0.3 is 0 Å². The molecule has 0 bridgehead atoms. The number of likely N-dealkylation sites (tertiary alicyclic amines) is 1. The Morgan fingerprint density at radius 1 is 1.07 bits per heavy atom. The number of hydrogen-bond donors (Lipinski definition) is 1. The van der Waals surface area contributed by atoms with Gasteiger partial charge in [0, 0.05) is 13.1 Å². The van der Waals surface area contributed by atoms with Crippen LogP contribution in [-0.2, 0) is 4.79 Å². The molecule has 5 nitrogen and oxygen atoms in total. The van der Waals surface area contributed by atoms with E-state index in [-0.39, 0.29) is 5.91 Å². The second-order valence-electron chi connectivity index (χ2n) is 7.55. The minimum absolute atomic E-state index is 0.0163. The Labute approximate surface area is 171 Å². The highest BCUT2D eigenvalue weighted by Crippen LogP contribution is 2.36. The van der Waals surface area contributed by atoms with Gasteiger partial charge in [0.25, 0.3) is 0 Å². The van der Waals surface area contributed by atoms with E-state index in [2.05, 4.69) is 0 Å². The zero-order chi connectivity index (χ0) is 20.1. The van der Waals surface area contributed by atoms with Gasteiger partial charge in [-0.2, -0.15) is 0 Å². The molecule has 2 unspecified atom stereocenters. The zero-order valence-corrected chi connectivity index (χ0v) is 16.5. The number of aliphatic hydroxyl groups excluding tert-OH is 1. The molecule has 29 heavy (non-hydrogen) atoms. The second kappa shape index (κ2) is 9.14. The molecule has 2 aliphatic heterocycles. The number of fused-ring (bicyclic) bond motifs is 1. The molecule has 0 aromatic heterocycles. The van der Waals surface area contributed by atoms with E-state index in [4.69, 9.17) is 9.47 Å². The molecule has 2 atom stereocenters. The molecule has 2 heterocycles. The third-order valence-electron chi connectivity index (χ3n) is 5.55. The summed E-state index contributed by atoms with van der Waals surface area (Å²) in [6, 6.07) is 15.5. The minimum Gasteiger partial charge on any atom is -0.486 e. The van der Waals surface area contributed by atoms with Crippen LogP contribution >= 0.6 is 0 Å². The SMILES string of the molecule is O=C1C(C(O)c2ccc3c(c2)OCCO3)CCCCN1C/C=C/c1ccccc1. The Kier molecular flexibility index (Phi) is 6.15. The molecule has 2 aromatic carbocycles. The monoisotopic (exact) mass is 393 g/mol. The smallest absolute Gasteiger partial charge is 0.228 e. The summed E-state index contributed by atoms with van der Waals surface area (Å²) < 4.78 is 11.2. The maximum atomic E-state index is 13.2. The summed E-state index contributed by atoms with van der Waals surface area (Å²) in [4.78, 5) is 15.0. The topological polar surface area (TPSA) is 59.0 Å². The van der Waals surface area contributed by atoms with Gasteiger partial charge in [-0.25, -0.2) is 0 Å². The first kappa shape index (κ1) is 19.5. The lowest BCUT2D eigenvalue weighted by Gasteiger charge is -2.27. The highest BCUT2D eigenvalue weighted by Gasteiger charge is 2.33. The number of carbonyl (C=O) groups excluding carboxylic acids is 1. The number of nitrogens with zero attached hydrogens (tertiary/aromatic N) is 1. The summed E-state index contributed by atoms with van der Waals surface area (Å²) in [7, 11) is 0. The lowest BCUT2D eigenvalue weighted by molar-refractivity contribution is -0.138. The van der Waals surface area contributed by atoms with Gasteiger partial charge in [0.2, 0.25) is 5.91 Å². The van der Waals surface area contributed by atoms with Gasteiger partial charge in [0.05, 0.1) is 12.0 Å². The number of carbonyl (C=O) groups is 1. The van der Waals surface area contributed by atoms with Crippen LogP contribution in [-0.4, -0.2) is 42.2 Å². The molecular formula is C24H27NO4. The number of aliphatic hydroxyl groups is 1. The Balaban J connectivity index is 1.46. The molecule has 4 rings (SSSR count). The third-order valence-corrected chi connectivity index (χ3v) is 5.55. The van der Waals surface area contributed by atoms with E-state index in [0.717, 1.165) is 24.9 Å². The maximum absolute atomic E-state index is 13.2. The van der Waals surface area contributed by atoms with Crippen LogP contribution in [0.5, 0.6) is 11.5 Å². The molecule has 1 fully saturated rings. The number of amides is 1. The van der Waals surface area contributed by atoms with Crippen LogP contribution in [0.15, 0.2) is 54.6 Å². The highest BCUT2D eigenvalue weighted by molar-refractivity contribution is 5.80. The Morgan fingerprint density at radius 3 is 2.69 bits per heavy atom. The van der Waals surface area contributed by atoms with E-state index in [1.54, 1.807) is 6.07 Å². The molecule has 0 radical (unpaired) electrons. The largest absolute Gasteiger partial charge is 0.486 e. The Bertz CT molecular complexity index is 864. The summed E-state index contributed by atoms with van der Waals surface area (Å²) >= 11 is 0. The van der Waals surface area contributed by atoms with Gasteiger partial charge < -0.3 is 19.5 Å². The zero-order valence-electron chi connectivity index (χ0n) is 16.5. The molecule has 0 spiro atoms. The standard InChI is InChI=1S/C24H27NO4/c26-23(19-11-12-21-22(17-19)29-16-15-28-21)20-10-4-5-13-25(24(20)27)14-6-9-18-7-2-1-3-8-18/h1-3,6-9,11-12,17,20,23,26H,4-5,10,13-16H2/b9-6+. The molecule has 0 aliphatic carbocycles. The van der Waals surface area contributed by atoms with Crippen LogP contribution in [0.4, 0.5) is 0 Å². The van der Waals surface area contributed by atoms with E-state index >= 15 is 0 Å². The first-order chi connectivity index (χ1) is 14.2. The third kappa shape index (κ3) is 4.62. The highest BCUT2D eigenvalue weighted by atomic mass is 16.6. The second-order valence-corrected chi connectivity index (χ2v) is 7.55. The van der Waals surface area contributed by atoms with E-state index in [1.165, 1.54) is 0 Å². The van der Waals surface area contributed by atoms with Gasteiger partial charge in [0.1, 0.15) is 13.2 Å². The summed E-state index contributed by atoms with van der Waals surface area (Å²) in [5.74, 6) is 0.899.